The van der Waals surface area contributed by atoms with E-state index in [1.165, 1.54) is 31.4 Å². The normalized spacial score (nSPS) is 22.9. The first-order valence-corrected chi connectivity index (χ1v) is 8.10. The van der Waals surface area contributed by atoms with E-state index in [1.807, 2.05) is 6.20 Å². The van der Waals surface area contributed by atoms with Crippen LogP contribution in [0.5, 0.6) is 0 Å². The van der Waals surface area contributed by atoms with Crippen LogP contribution in [0.15, 0.2) is 6.20 Å². The van der Waals surface area contributed by atoms with Crippen molar-refractivity contribution in [3.05, 3.63) is 16.9 Å². The molecule has 0 amide bonds. The molecule has 1 N–H and O–H groups in total. The number of nitrogens with one attached hydrogen (secondary N) is 1. The highest BCUT2D eigenvalue weighted by molar-refractivity contribution is 6.31. The second-order valence-corrected chi connectivity index (χ2v) is 6.41. The Morgan fingerprint density at radius 2 is 2.25 bits per heavy atom. The number of likely N-dealkylation sites (N-methyl/N-ethyl adjacent to an activating group) is 1. The Morgan fingerprint density at radius 1 is 1.45 bits per heavy atom. The van der Waals surface area contributed by atoms with Gasteiger partial charge in [0.15, 0.2) is 0 Å². The molecule has 0 aromatic carbocycles. The molecule has 2 atom stereocenters. The fourth-order valence-corrected chi connectivity index (χ4v) is 3.36. The Labute approximate surface area is 127 Å². The number of nitrogens with zero attached hydrogens (tertiary/aromatic N) is 3. The summed E-state index contributed by atoms with van der Waals surface area (Å²) in [6, 6.07) is 0.558. The van der Waals surface area contributed by atoms with Crippen LogP contribution in [0.25, 0.3) is 0 Å². The number of rotatable bonds is 7. The van der Waals surface area contributed by atoms with E-state index in [1.54, 1.807) is 0 Å². The molecule has 0 radical (unpaired) electrons. The third-order valence-electron chi connectivity index (χ3n) is 4.12. The number of hydrogen-bond acceptors (Lipinski definition) is 3. The first kappa shape index (κ1) is 15.8. The molecule has 1 aromatic rings. The third-order valence-corrected chi connectivity index (χ3v) is 4.41. The fourth-order valence-electron chi connectivity index (χ4n) is 3.07. The quantitative estimate of drug-likeness (QED) is 0.840. The van der Waals surface area contributed by atoms with Gasteiger partial charge in [-0.1, -0.05) is 24.9 Å². The summed E-state index contributed by atoms with van der Waals surface area (Å²) in [5.41, 5.74) is 1.24. The SMILES string of the molecule is CCCNC1CCCC1c1c(Cl)cnn1CCN(C)C. The van der Waals surface area contributed by atoms with Crippen molar-refractivity contribution in [2.75, 3.05) is 27.2 Å². The van der Waals surface area contributed by atoms with Crippen molar-refractivity contribution in [2.45, 2.75) is 51.1 Å². The van der Waals surface area contributed by atoms with Crippen LogP contribution < -0.4 is 5.32 Å². The Balaban J connectivity index is 2.11. The van der Waals surface area contributed by atoms with Crippen LogP contribution in [0.1, 0.15) is 44.2 Å². The van der Waals surface area contributed by atoms with Gasteiger partial charge in [-0.25, -0.2) is 0 Å². The Bertz CT molecular complexity index is 416. The van der Waals surface area contributed by atoms with Gasteiger partial charge in [0.1, 0.15) is 0 Å². The molecule has 0 spiro atoms. The van der Waals surface area contributed by atoms with Crippen LogP contribution in [0, 0.1) is 0 Å². The van der Waals surface area contributed by atoms with Crippen LogP contribution in [0.4, 0.5) is 0 Å². The Kier molecular flexibility index (Phi) is 5.87. The summed E-state index contributed by atoms with van der Waals surface area (Å²) in [4.78, 5) is 2.18. The topological polar surface area (TPSA) is 33.1 Å². The van der Waals surface area contributed by atoms with E-state index in [4.69, 9.17) is 11.6 Å². The van der Waals surface area contributed by atoms with Gasteiger partial charge in [0, 0.05) is 18.5 Å². The number of hydrogen-bond donors (Lipinski definition) is 1. The molecule has 1 aromatic heterocycles. The molecule has 1 aliphatic carbocycles. The second-order valence-electron chi connectivity index (χ2n) is 6.00. The van der Waals surface area contributed by atoms with Crippen LogP contribution in [0.3, 0.4) is 0 Å². The highest BCUT2D eigenvalue weighted by Gasteiger charge is 2.32. The summed E-state index contributed by atoms with van der Waals surface area (Å²) in [6.07, 6.45) is 6.73. The van der Waals surface area contributed by atoms with E-state index >= 15 is 0 Å². The Morgan fingerprint density at radius 3 is 2.95 bits per heavy atom. The number of halogens is 1. The van der Waals surface area contributed by atoms with Gasteiger partial charge in [0.25, 0.3) is 0 Å². The van der Waals surface area contributed by atoms with Gasteiger partial charge >= 0.3 is 0 Å². The number of aromatic nitrogens is 2. The second kappa shape index (κ2) is 7.43. The minimum absolute atomic E-state index is 0.513. The van der Waals surface area contributed by atoms with E-state index in [-0.39, 0.29) is 0 Å². The maximum atomic E-state index is 6.41. The van der Waals surface area contributed by atoms with Gasteiger partial charge in [-0.15, -0.1) is 0 Å². The molecule has 1 saturated carbocycles. The molecule has 1 heterocycles. The third kappa shape index (κ3) is 3.74. The summed E-state index contributed by atoms with van der Waals surface area (Å²) in [5, 5.41) is 8.99. The van der Waals surface area contributed by atoms with Gasteiger partial charge < -0.3 is 10.2 Å². The molecule has 114 valence electrons. The van der Waals surface area contributed by atoms with Gasteiger partial charge in [0.2, 0.25) is 0 Å². The average molecular weight is 299 g/mol. The zero-order chi connectivity index (χ0) is 14.5. The fraction of sp³-hybridized carbons (Fsp3) is 0.800. The summed E-state index contributed by atoms with van der Waals surface area (Å²) < 4.78 is 2.11. The highest BCUT2D eigenvalue weighted by Crippen LogP contribution is 2.37. The van der Waals surface area contributed by atoms with Gasteiger partial charge in [-0.05, 0) is 39.9 Å². The maximum Gasteiger partial charge on any atom is 0.0821 e. The van der Waals surface area contributed by atoms with E-state index in [9.17, 15) is 0 Å². The molecule has 2 rings (SSSR count). The van der Waals surface area contributed by atoms with E-state index in [2.05, 4.69) is 41.0 Å². The van der Waals surface area contributed by atoms with Crippen molar-refractivity contribution in [3.63, 3.8) is 0 Å². The molecule has 0 bridgehead atoms. The van der Waals surface area contributed by atoms with Gasteiger partial charge in [-0.3, -0.25) is 4.68 Å². The zero-order valence-corrected chi connectivity index (χ0v) is 13.7. The predicted molar refractivity (Wildman–Crippen MR) is 84.5 cm³/mol. The Hall–Kier alpha value is -0.580. The molecule has 1 aliphatic rings. The molecule has 0 saturated heterocycles. The summed E-state index contributed by atoms with van der Waals surface area (Å²) in [6.45, 7) is 5.20. The lowest BCUT2D eigenvalue weighted by molar-refractivity contribution is 0.361. The maximum absolute atomic E-state index is 6.41. The van der Waals surface area contributed by atoms with Crippen molar-refractivity contribution in [2.24, 2.45) is 0 Å². The predicted octanol–water partition coefficient (Wildman–Crippen LogP) is 2.73. The lowest BCUT2D eigenvalue weighted by Crippen LogP contribution is -2.33. The molecule has 4 nitrogen and oxygen atoms in total. The summed E-state index contributed by atoms with van der Waals surface area (Å²) in [5.74, 6) is 0.513. The standard InChI is InChI=1S/C15H27ClN4/c1-4-8-17-14-7-5-6-12(14)15-13(16)11-18-20(15)10-9-19(2)3/h11-12,14,17H,4-10H2,1-3H3. The lowest BCUT2D eigenvalue weighted by atomic mass is 9.99. The van der Waals surface area contributed by atoms with E-state index in [0.29, 0.717) is 12.0 Å². The molecule has 5 heteroatoms. The van der Waals surface area contributed by atoms with Crippen molar-refractivity contribution in [1.29, 1.82) is 0 Å². The van der Waals surface area contributed by atoms with E-state index < -0.39 is 0 Å². The monoisotopic (exact) mass is 298 g/mol. The van der Waals surface area contributed by atoms with Crippen molar-refractivity contribution >= 4 is 11.6 Å². The molecule has 1 fully saturated rings. The minimum atomic E-state index is 0.513. The van der Waals surface area contributed by atoms with E-state index in [0.717, 1.165) is 24.7 Å². The first-order valence-electron chi connectivity index (χ1n) is 7.72. The summed E-state index contributed by atoms with van der Waals surface area (Å²) >= 11 is 6.41. The van der Waals surface area contributed by atoms with Crippen molar-refractivity contribution < 1.29 is 0 Å². The zero-order valence-electron chi connectivity index (χ0n) is 12.9. The lowest BCUT2D eigenvalue weighted by Gasteiger charge is -2.23. The molecule has 0 aliphatic heterocycles. The average Bonchev–Trinajstić information content (AvgIpc) is 3.00. The van der Waals surface area contributed by atoms with Crippen LogP contribution >= 0.6 is 11.6 Å². The highest BCUT2D eigenvalue weighted by atomic mass is 35.5. The minimum Gasteiger partial charge on any atom is -0.313 e. The molecule has 20 heavy (non-hydrogen) atoms. The summed E-state index contributed by atoms with van der Waals surface area (Å²) in [7, 11) is 4.18. The van der Waals surface area contributed by atoms with Gasteiger partial charge in [0.05, 0.1) is 23.5 Å². The molecule has 2 unspecified atom stereocenters. The van der Waals surface area contributed by atoms with Crippen LogP contribution in [0.2, 0.25) is 5.02 Å². The van der Waals surface area contributed by atoms with Crippen molar-refractivity contribution in [3.8, 4) is 0 Å². The van der Waals surface area contributed by atoms with Crippen molar-refractivity contribution in [1.82, 2.24) is 20.0 Å². The molecular formula is C15H27ClN4. The first-order chi connectivity index (χ1) is 9.63. The van der Waals surface area contributed by atoms with Crippen LogP contribution in [-0.4, -0.2) is 47.9 Å². The largest absolute Gasteiger partial charge is 0.313 e. The molecular weight excluding hydrogens is 272 g/mol. The smallest absolute Gasteiger partial charge is 0.0821 e. The van der Waals surface area contributed by atoms with Gasteiger partial charge in [-0.2, -0.15) is 5.10 Å². The van der Waals surface area contributed by atoms with Crippen LogP contribution in [-0.2, 0) is 6.54 Å².